The molecule has 0 amide bonds. The van der Waals surface area contributed by atoms with Crippen molar-refractivity contribution in [2.75, 3.05) is 5.73 Å². The summed E-state index contributed by atoms with van der Waals surface area (Å²) in [7, 11) is 0. The molecule has 1 aromatic heterocycles. The lowest BCUT2D eigenvalue weighted by atomic mass is 10.0. The fourth-order valence-electron chi connectivity index (χ4n) is 1.92. The molecule has 0 spiro atoms. The first kappa shape index (κ1) is 14.0. The lowest BCUT2D eigenvalue weighted by Crippen LogP contribution is -2.81. The van der Waals surface area contributed by atoms with Gasteiger partial charge in [0.25, 0.3) is 5.11 Å². The van der Waals surface area contributed by atoms with Gasteiger partial charge in [-0.15, -0.1) is 0 Å². The number of nitrogens with two attached hydrogens (primary N) is 3. The Morgan fingerprint density at radius 3 is 2.65 bits per heavy atom. The van der Waals surface area contributed by atoms with Gasteiger partial charge in [0.1, 0.15) is 0 Å². The van der Waals surface area contributed by atoms with Crippen molar-refractivity contribution in [2.45, 2.75) is 6.92 Å². The smallest absolute Gasteiger partial charge is 0.285 e. The number of anilines is 1. The van der Waals surface area contributed by atoms with Gasteiger partial charge < -0.3 is 17.2 Å². The molecular weight excluding hydrogens is 270 g/mol. The van der Waals surface area contributed by atoms with Crippen molar-refractivity contribution < 1.29 is 4.99 Å². The minimum Gasteiger partial charge on any atom is -0.398 e. The molecule has 0 radical (unpaired) electrons. The first-order valence-corrected chi connectivity index (χ1v) is 6.40. The van der Waals surface area contributed by atoms with Crippen LogP contribution in [0.4, 0.5) is 5.69 Å². The lowest BCUT2D eigenvalue weighted by molar-refractivity contribution is -0.313. The Labute approximate surface area is 122 Å². The Hall–Kier alpha value is -2.47. The summed E-state index contributed by atoms with van der Waals surface area (Å²) in [6.07, 6.45) is 1.75. The molecule has 0 fully saturated rings. The van der Waals surface area contributed by atoms with Gasteiger partial charge in [0.15, 0.2) is 0 Å². The molecule has 0 aliphatic carbocycles. The summed E-state index contributed by atoms with van der Waals surface area (Å²) in [6, 6.07) is 9.45. The van der Waals surface area contributed by atoms with Crippen LogP contribution in [-0.2, 0) is 0 Å². The first-order chi connectivity index (χ1) is 9.49. The van der Waals surface area contributed by atoms with Gasteiger partial charge in [0.05, 0.1) is 11.3 Å². The largest absolute Gasteiger partial charge is 0.398 e. The van der Waals surface area contributed by atoms with Crippen molar-refractivity contribution in [3.05, 3.63) is 47.7 Å². The monoisotopic (exact) mass is 286 g/mol. The van der Waals surface area contributed by atoms with Crippen LogP contribution in [0, 0.1) is 6.92 Å². The molecule has 7 N–H and O–H groups in total. The van der Waals surface area contributed by atoms with Gasteiger partial charge in [-0.1, -0.05) is 12.1 Å². The fourth-order valence-corrected chi connectivity index (χ4v) is 2.03. The molecule has 0 atom stereocenters. The Kier molecular flexibility index (Phi) is 3.95. The Bertz CT molecular complexity index is 694. The summed E-state index contributed by atoms with van der Waals surface area (Å²) in [5.41, 5.74) is 21.4. The molecule has 0 aliphatic heterocycles. The van der Waals surface area contributed by atoms with Gasteiger partial charge in [0.2, 0.25) is 5.84 Å². The number of nitrogens with zero attached hydrogens (tertiary/aromatic N) is 1. The number of pyridine rings is 1. The van der Waals surface area contributed by atoms with Crippen LogP contribution in [0.15, 0.2) is 36.5 Å². The maximum absolute atomic E-state index is 5.94. The van der Waals surface area contributed by atoms with Crippen LogP contribution < -0.4 is 22.2 Å². The van der Waals surface area contributed by atoms with E-state index in [2.05, 4.69) is 9.98 Å². The molecular formula is C14H16N5S+. The van der Waals surface area contributed by atoms with Crippen molar-refractivity contribution in [1.29, 1.82) is 0 Å². The van der Waals surface area contributed by atoms with E-state index in [0.717, 1.165) is 16.8 Å². The zero-order chi connectivity index (χ0) is 14.7. The molecule has 0 bridgehead atoms. The summed E-state index contributed by atoms with van der Waals surface area (Å²) in [6.45, 7) is 2.00. The second kappa shape index (κ2) is 5.66. The fraction of sp³-hybridized carbons (Fsp3) is 0.0714. The predicted octanol–water partition coefficient (Wildman–Crippen LogP) is -0.331. The van der Waals surface area contributed by atoms with Crippen LogP contribution >= 0.6 is 12.2 Å². The van der Waals surface area contributed by atoms with E-state index < -0.39 is 0 Å². The predicted molar refractivity (Wildman–Crippen MR) is 84.9 cm³/mol. The number of aromatic nitrogens is 1. The quantitative estimate of drug-likeness (QED) is 0.262. The number of hydrogen-bond acceptors (Lipinski definition) is 3. The van der Waals surface area contributed by atoms with E-state index in [4.69, 9.17) is 29.4 Å². The molecule has 6 heteroatoms. The third-order valence-corrected chi connectivity index (χ3v) is 2.99. The number of amidine groups is 1. The zero-order valence-electron chi connectivity index (χ0n) is 11.1. The highest BCUT2D eigenvalue weighted by Gasteiger charge is 2.11. The van der Waals surface area contributed by atoms with Crippen molar-refractivity contribution >= 4 is 28.9 Å². The van der Waals surface area contributed by atoms with E-state index in [1.54, 1.807) is 12.3 Å². The minimum absolute atomic E-state index is 0.0984. The molecule has 2 rings (SSSR count). The van der Waals surface area contributed by atoms with Gasteiger partial charge in [-0.05, 0) is 42.9 Å². The summed E-state index contributed by atoms with van der Waals surface area (Å²) < 4.78 is 0. The molecule has 1 heterocycles. The van der Waals surface area contributed by atoms with Crippen LogP contribution in [-0.4, -0.2) is 15.9 Å². The highest BCUT2D eigenvalue weighted by Crippen LogP contribution is 2.24. The van der Waals surface area contributed by atoms with Crippen molar-refractivity contribution in [3.63, 3.8) is 0 Å². The molecule has 102 valence electrons. The van der Waals surface area contributed by atoms with Crippen molar-refractivity contribution in [2.24, 2.45) is 11.5 Å². The van der Waals surface area contributed by atoms with Gasteiger partial charge in [-0.2, -0.15) is 0 Å². The van der Waals surface area contributed by atoms with E-state index in [9.17, 15) is 0 Å². The van der Waals surface area contributed by atoms with Gasteiger partial charge >= 0.3 is 0 Å². The second-order valence-corrected chi connectivity index (χ2v) is 4.81. The van der Waals surface area contributed by atoms with Crippen molar-refractivity contribution in [1.82, 2.24) is 4.98 Å². The molecule has 0 unspecified atom stereocenters. The maximum atomic E-state index is 5.94. The molecule has 0 saturated carbocycles. The first-order valence-electron chi connectivity index (χ1n) is 6.00. The van der Waals surface area contributed by atoms with E-state index in [1.807, 2.05) is 31.2 Å². The van der Waals surface area contributed by atoms with Crippen LogP contribution in [0.3, 0.4) is 0 Å². The number of aryl methyl sites for hydroxylation is 1. The average Bonchev–Trinajstić information content (AvgIpc) is 2.39. The zero-order valence-corrected chi connectivity index (χ0v) is 11.9. The maximum Gasteiger partial charge on any atom is 0.285 e. The number of nitrogen functional groups attached to an aromatic ring is 2. The molecule has 0 saturated heterocycles. The van der Waals surface area contributed by atoms with Gasteiger partial charge in [-0.25, -0.2) is 4.99 Å². The molecule has 0 aliphatic rings. The summed E-state index contributed by atoms with van der Waals surface area (Å²) in [5.74, 6) is 0.324. The minimum atomic E-state index is 0.0984. The van der Waals surface area contributed by atoms with Crippen LogP contribution in [0.5, 0.6) is 0 Å². The Balaban J connectivity index is 2.55. The third kappa shape index (κ3) is 2.92. The number of thiocarbonyl (C=S) groups is 1. The average molecular weight is 286 g/mol. The number of nitrogens with one attached hydrogen (secondary N) is 1. The molecule has 5 nitrogen and oxygen atoms in total. The van der Waals surface area contributed by atoms with Crippen LogP contribution in [0.25, 0.3) is 11.3 Å². The Morgan fingerprint density at radius 2 is 2.00 bits per heavy atom. The van der Waals surface area contributed by atoms with E-state index >= 15 is 0 Å². The molecule has 1 aromatic carbocycles. The van der Waals surface area contributed by atoms with Gasteiger partial charge in [-0.3, -0.25) is 4.98 Å². The highest BCUT2D eigenvalue weighted by atomic mass is 32.1. The van der Waals surface area contributed by atoms with Gasteiger partial charge in [0, 0.05) is 17.4 Å². The topological polar surface area (TPSA) is 105 Å². The summed E-state index contributed by atoms with van der Waals surface area (Å²) >= 11 is 4.77. The SMILES string of the molecule is Cc1cccnc1-c1ccc(N)c(/C(N)=[NH+]/C(N)=S)c1. The number of benzene rings is 1. The normalized spacial score (nSPS) is 11.3. The lowest BCUT2D eigenvalue weighted by Gasteiger charge is -2.08. The standard InChI is InChI=1S/C14H15N5S/c1-8-3-2-6-18-12(8)9-4-5-11(15)10(7-9)13(16)19-14(17)20/h2-7H,15H2,1H3,(H4,16,17,19,20)/p+1. The van der Waals surface area contributed by atoms with E-state index in [1.165, 1.54) is 0 Å². The van der Waals surface area contributed by atoms with Crippen molar-refractivity contribution in [3.8, 4) is 11.3 Å². The second-order valence-electron chi connectivity index (χ2n) is 4.37. The number of hydrogen-bond donors (Lipinski definition) is 4. The highest BCUT2D eigenvalue weighted by molar-refractivity contribution is 7.79. The number of rotatable bonds is 2. The summed E-state index contributed by atoms with van der Waals surface area (Å²) in [5, 5.41) is 0.0984. The van der Waals surface area contributed by atoms with Crippen LogP contribution in [0.1, 0.15) is 11.1 Å². The van der Waals surface area contributed by atoms with E-state index in [-0.39, 0.29) is 5.11 Å². The third-order valence-electron chi connectivity index (χ3n) is 2.88. The van der Waals surface area contributed by atoms with E-state index in [0.29, 0.717) is 17.1 Å². The molecule has 20 heavy (non-hydrogen) atoms. The summed E-state index contributed by atoms with van der Waals surface area (Å²) in [4.78, 5) is 7.07. The Morgan fingerprint density at radius 1 is 1.25 bits per heavy atom. The molecule has 2 aromatic rings. The van der Waals surface area contributed by atoms with Crippen LogP contribution in [0.2, 0.25) is 0 Å².